The molecule has 3 heteroatoms. The van der Waals surface area contributed by atoms with Gasteiger partial charge in [-0.05, 0) is 6.42 Å². The first-order valence-corrected chi connectivity index (χ1v) is 8.62. The van der Waals surface area contributed by atoms with Crippen LogP contribution in [0.25, 0.3) is 0 Å². The van der Waals surface area contributed by atoms with Crippen LogP contribution in [0.5, 0.6) is 0 Å². The maximum absolute atomic E-state index is 9.50. The molecule has 0 saturated heterocycles. The van der Waals surface area contributed by atoms with Gasteiger partial charge in [0.25, 0.3) is 0 Å². The highest BCUT2D eigenvalue weighted by Gasteiger charge is 2.13. The molecule has 2 unspecified atom stereocenters. The molecule has 0 aliphatic carbocycles. The van der Waals surface area contributed by atoms with E-state index in [4.69, 9.17) is 11.6 Å². The van der Waals surface area contributed by atoms with Crippen LogP contribution < -0.4 is 0 Å². The van der Waals surface area contributed by atoms with Crippen molar-refractivity contribution in [3.63, 3.8) is 0 Å². The summed E-state index contributed by atoms with van der Waals surface area (Å²) in [6, 6.07) is 0. The minimum absolute atomic E-state index is 0.157. The molecule has 0 radical (unpaired) electrons. The maximum Gasteiger partial charge on any atom is 0.129 e. The van der Waals surface area contributed by atoms with E-state index >= 15 is 0 Å². The van der Waals surface area contributed by atoms with E-state index in [1.807, 2.05) is 6.92 Å². The topological polar surface area (TPSA) is 20.2 Å². The van der Waals surface area contributed by atoms with Crippen molar-refractivity contribution in [1.82, 2.24) is 0 Å². The average Bonchev–Trinajstić information content (AvgIpc) is 2.00. The first kappa shape index (κ1) is 13.0. The van der Waals surface area contributed by atoms with Crippen LogP contribution in [-0.4, -0.2) is 24.7 Å². The van der Waals surface area contributed by atoms with Gasteiger partial charge in [-0.25, -0.2) is 0 Å². The second-order valence-corrected chi connectivity index (χ2v) is 9.56. The second-order valence-electron chi connectivity index (χ2n) is 4.25. The summed E-state index contributed by atoms with van der Waals surface area (Å²) in [5.74, 6) is 3.02. The van der Waals surface area contributed by atoms with Crippen molar-refractivity contribution in [3.05, 3.63) is 0 Å². The molecule has 13 heavy (non-hydrogen) atoms. The zero-order valence-corrected chi connectivity index (χ0v) is 10.7. The molecule has 0 heterocycles. The van der Waals surface area contributed by atoms with Crippen molar-refractivity contribution in [2.24, 2.45) is 0 Å². The van der Waals surface area contributed by atoms with Gasteiger partial charge in [0.2, 0.25) is 0 Å². The third-order valence-corrected chi connectivity index (χ3v) is 3.11. The van der Waals surface area contributed by atoms with Crippen LogP contribution in [0.15, 0.2) is 0 Å². The molecule has 0 bridgehead atoms. The molecule has 0 fully saturated rings. The van der Waals surface area contributed by atoms with Crippen molar-refractivity contribution in [3.8, 4) is 11.5 Å². The molecule has 76 valence electrons. The minimum Gasteiger partial charge on any atom is -0.391 e. The number of hydrogen-bond acceptors (Lipinski definition) is 1. The molecule has 0 aromatic carbocycles. The highest BCUT2D eigenvalue weighted by atomic mass is 35.5. The molecule has 0 aliphatic heterocycles. The van der Waals surface area contributed by atoms with E-state index in [-0.39, 0.29) is 5.38 Å². The van der Waals surface area contributed by atoms with Gasteiger partial charge in [0.05, 0.1) is 11.5 Å². The van der Waals surface area contributed by atoms with E-state index in [2.05, 4.69) is 31.1 Å². The molecule has 0 aromatic rings. The zero-order valence-electron chi connectivity index (χ0n) is 8.89. The van der Waals surface area contributed by atoms with Crippen molar-refractivity contribution in [2.45, 2.75) is 50.9 Å². The molecule has 0 rings (SSSR count). The molecule has 1 nitrogen and oxygen atoms in total. The Morgan fingerprint density at radius 1 is 1.38 bits per heavy atom. The lowest BCUT2D eigenvalue weighted by Crippen LogP contribution is -2.20. The average molecular weight is 219 g/mol. The Balaban J connectivity index is 3.93. The third kappa shape index (κ3) is 7.13. The van der Waals surface area contributed by atoms with Gasteiger partial charge in [0.15, 0.2) is 0 Å². The first-order chi connectivity index (χ1) is 5.87. The zero-order chi connectivity index (χ0) is 10.5. The van der Waals surface area contributed by atoms with Gasteiger partial charge >= 0.3 is 0 Å². The van der Waals surface area contributed by atoms with Crippen LogP contribution in [0.1, 0.15) is 19.8 Å². The van der Waals surface area contributed by atoms with Crippen LogP contribution in [-0.2, 0) is 0 Å². The second kappa shape index (κ2) is 5.69. The molecule has 0 spiro atoms. The summed E-state index contributed by atoms with van der Waals surface area (Å²) in [6.07, 6.45) is 0.819. The quantitative estimate of drug-likeness (QED) is 0.439. The lowest BCUT2D eigenvalue weighted by molar-refractivity contribution is 0.173. The Morgan fingerprint density at radius 2 is 1.92 bits per heavy atom. The lowest BCUT2D eigenvalue weighted by atomic mass is 10.1. The smallest absolute Gasteiger partial charge is 0.129 e. The van der Waals surface area contributed by atoms with Gasteiger partial charge < -0.3 is 5.11 Å². The van der Waals surface area contributed by atoms with Gasteiger partial charge in [-0.15, -0.1) is 23.1 Å². The monoisotopic (exact) mass is 218 g/mol. The van der Waals surface area contributed by atoms with E-state index in [0.717, 1.165) is 6.42 Å². The van der Waals surface area contributed by atoms with E-state index in [1.165, 1.54) is 0 Å². The van der Waals surface area contributed by atoms with Crippen LogP contribution in [0.4, 0.5) is 0 Å². The Labute approximate surface area is 87.5 Å². The highest BCUT2D eigenvalue weighted by molar-refractivity contribution is 6.83. The van der Waals surface area contributed by atoms with Gasteiger partial charge in [-0.1, -0.05) is 26.6 Å². The first-order valence-electron chi connectivity index (χ1n) is 4.69. The maximum atomic E-state index is 9.50. The van der Waals surface area contributed by atoms with Crippen molar-refractivity contribution < 1.29 is 5.11 Å². The number of hydrogen-bond donors (Lipinski definition) is 1. The summed E-state index contributed by atoms with van der Waals surface area (Å²) in [7, 11) is -1.28. The lowest BCUT2D eigenvalue weighted by Gasteiger charge is -2.12. The Hall–Kier alpha value is 0.0269. The SMILES string of the molecule is CCC(Cl)C(O)CC#C[Si](C)(C)C. The summed E-state index contributed by atoms with van der Waals surface area (Å²) in [6.45, 7) is 8.52. The van der Waals surface area contributed by atoms with Gasteiger partial charge in [0, 0.05) is 6.42 Å². The van der Waals surface area contributed by atoms with Crippen LogP contribution in [0, 0.1) is 11.5 Å². The van der Waals surface area contributed by atoms with E-state index in [0.29, 0.717) is 6.42 Å². The summed E-state index contributed by atoms with van der Waals surface area (Å²) in [4.78, 5) is 0. The fourth-order valence-electron chi connectivity index (χ4n) is 0.821. The molecular formula is C10H19ClOSi. The van der Waals surface area contributed by atoms with E-state index in [9.17, 15) is 5.11 Å². The van der Waals surface area contributed by atoms with Gasteiger partial charge in [-0.2, -0.15) is 0 Å². The Bertz CT molecular complexity index is 199. The molecule has 0 aromatic heterocycles. The number of alkyl halides is 1. The van der Waals surface area contributed by atoms with Crippen molar-refractivity contribution >= 4 is 19.7 Å². The fraction of sp³-hybridized carbons (Fsp3) is 0.800. The standard InChI is InChI=1S/C10H19ClOSi/c1-5-9(11)10(12)7-6-8-13(2,3)4/h9-10,12H,5,7H2,1-4H3. The van der Waals surface area contributed by atoms with E-state index < -0.39 is 14.2 Å². The number of aliphatic hydroxyl groups excluding tert-OH is 1. The van der Waals surface area contributed by atoms with Gasteiger partial charge in [-0.3, -0.25) is 0 Å². The van der Waals surface area contributed by atoms with Crippen molar-refractivity contribution in [2.75, 3.05) is 0 Å². The summed E-state index contributed by atoms with van der Waals surface area (Å²) >= 11 is 5.86. The van der Waals surface area contributed by atoms with Gasteiger partial charge in [0.1, 0.15) is 8.07 Å². The minimum atomic E-state index is -1.28. The Morgan fingerprint density at radius 3 is 2.31 bits per heavy atom. The number of halogens is 1. The van der Waals surface area contributed by atoms with Crippen LogP contribution >= 0.6 is 11.6 Å². The number of aliphatic hydroxyl groups is 1. The Kier molecular flexibility index (Phi) is 5.71. The highest BCUT2D eigenvalue weighted by Crippen LogP contribution is 2.09. The largest absolute Gasteiger partial charge is 0.391 e. The third-order valence-electron chi connectivity index (χ3n) is 1.58. The van der Waals surface area contributed by atoms with E-state index in [1.54, 1.807) is 0 Å². The molecule has 0 amide bonds. The van der Waals surface area contributed by atoms with Crippen LogP contribution in [0.3, 0.4) is 0 Å². The fourth-order valence-corrected chi connectivity index (χ4v) is 1.54. The molecule has 2 atom stereocenters. The molecule has 1 N–H and O–H groups in total. The number of rotatable bonds is 3. The van der Waals surface area contributed by atoms with Crippen LogP contribution in [0.2, 0.25) is 19.6 Å². The summed E-state index contributed by atoms with van der Waals surface area (Å²) < 4.78 is 0. The normalized spacial score (nSPS) is 15.8. The molecular weight excluding hydrogens is 200 g/mol. The van der Waals surface area contributed by atoms with Crippen molar-refractivity contribution in [1.29, 1.82) is 0 Å². The summed E-state index contributed by atoms with van der Waals surface area (Å²) in [5.41, 5.74) is 3.20. The molecule has 0 aliphatic rings. The predicted octanol–water partition coefficient (Wildman–Crippen LogP) is 2.64. The predicted molar refractivity (Wildman–Crippen MR) is 61.7 cm³/mol. The molecule has 0 saturated carbocycles. The summed E-state index contributed by atoms with van der Waals surface area (Å²) in [5, 5.41) is 9.34.